The fourth-order valence-corrected chi connectivity index (χ4v) is 4.80. The Balaban J connectivity index is 0.000000277. The summed E-state index contributed by atoms with van der Waals surface area (Å²) in [5, 5.41) is 7.00. The molecule has 5 N–H and O–H groups in total. The second kappa shape index (κ2) is 16.1. The van der Waals surface area contributed by atoms with Crippen molar-refractivity contribution in [3.63, 3.8) is 0 Å². The normalized spacial score (nSPS) is 12.0. The van der Waals surface area contributed by atoms with E-state index in [1.807, 2.05) is 98.8 Å². The van der Waals surface area contributed by atoms with E-state index in [1.165, 1.54) is 0 Å². The first-order valence-electron chi connectivity index (χ1n) is 14.4. The molecule has 17 heteroatoms. The zero-order valence-corrected chi connectivity index (χ0v) is 30.2. The maximum atomic E-state index is 11.2. The van der Waals surface area contributed by atoms with Crippen molar-refractivity contribution in [3.8, 4) is 0 Å². The number of hydrogen-bond donors (Lipinski definition) is 3. The topological polar surface area (TPSA) is 142 Å². The quantitative estimate of drug-likeness (QED) is 0.126. The van der Waals surface area contributed by atoms with Crippen molar-refractivity contribution in [2.24, 2.45) is 11.5 Å². The van der Waals surface area contributed by atoms with Gasteiger partial charge in [0, 0.05) is 31.3 Å². The van der Waals surface area contributed by atoms with E-state index >= 15 is 0 Å². The van der Waals surface area contributed by atoms with Crippen LogP contribution in [0.5, 0.6) is 0 Å². The zero-order valence-electron chi connectivity index (χ0n) is 26.9. The Hall–Kier alpha value is -4.40. The Morgan fingerprint density at radius 1 is 0.620 bits per heavy atom. The molecule has 0 aliphatic rings. The van der Waals surface area contributed by atoms with Gasteiger partial charge in [0.1, 0.15) is 11.6 Å². The number of imidazole rings is 2. The number of amides is 2. The third-order valence-corrected chi connectivity index (χ3v) is 6.80. The first kappa shape index (κ1) is 41.8. The average molecular weight is 859 g/mol. The SMILES string of the molecule is CO.Cc1nc2ccccc2n1Cc1cccc(C(N)=O)c1.Cc1nc2ccccc2n1Cc1cccc(C(N)=O)c1.F[As-](F)(F)(F)(F)F.[Ag+]. The molecule has 2 aromatic heterocycles. The molecule has 0 atom stereocenters. The minimum absolute atomic E-state index is 0. The summed E-state index contributed by atoms with van der Waals surface area (Å²) in [6.07, 6.45) is 0. The van der Waals surface area contributed by atoms with Crippen LogP contribution in [-0.4, -0.2) is 57.3 Å². The Kier molecular flexibility index (Phi) is 13.4. The molecule has 0 bridgehead atoms. The van der Waals surface area contributed by atoms with Crippen LogP contribution in [0, 0.1) is 13.8 Å². The van der Waals surface area contributed by atoms with Crippen LogP contribution in [0.25, 0.3) is 22.1 Å². The van der Waals surface area contributed by atoms with Crippen molar-refractivity contribution < 1.29 is 57.9 Å². The van der Waals surface area contributed by atoms with Crippen molar-refractivity contribution in [1.29, 1.82) is 0 Å². The summed E-state index contributed by atoms with van der Waals surface area (Å²) < 4.78 is 63.7. The summed E-state index contributed by atoms with van der Waals surface area (Å²) in [6.45, 7) is 5.32. The number of carbonyl (C=O) groups is 2. The van der Waals surface area contributed by atoms with Gasteiger partial charge in [-0.1, -0.05) is 48.5 Å². The number of hydrogen-bond acceptors (Lipinski definition) is 5. The Labute approximate surface area is 300 Å². The van der Waals surface area contributed by atoms with Crippen LogP contribution in [0.1, 0.15) is 43.5 Å². The summed E-state index contributed by atoms with van der Waals surface area (Å²) in [5.74, 6) is 1.10. The van der Waals surface area contributed by atoms with Gasteiger partial charge in [0.15, 0.2) is 0 Å². The first-order chi connectivity index (χ1) is 22.7. The van der Waals surface area contributed by atoms with E-state index in [0.29, 0.717) is 24.2 Å². The third-order valence-electron chi connectivity index (χ3n) is 6.80. The molecule has 50 heavy (non-hydrogen) atoms. The molecule has 272 valence electrons. The second-order valence-electron chi connectivity index (χ2n) is 10.6. The summed E-state index contributed by atoms with van der Waals surface area (Å²) in [4.78, 5) is 31.6. The molecule has 0 radical (unpaired) electrons. The number of fused-ring (bicyclic) bond motifs is 2. The van der Waals surface area contributed by atoms with E-state index in [-0.39, 0.29) is 22.4 Å². The number of rotatable bonds is 6. The molecule has 0 unspecified atom stereocenters. The number of primary amides is 2. The number of para-hydroxylation sites is 4. The van der Waals surface area contributed by atoms with Gasteiger partial charge < -0.3 is 25.7 Å². The molecule has 0 spiro atoms. The molecule has 0 aliphatic heterocycles. The number of aliphatic hydroxyl groups is 1. The van der Waals surface area contributed by atoms with Gasteiger partial charge in [-0.3, -0.25) is 9.59 Å². The van der Waals surface area contributed by atoms with E-state index < -0.39 is 26.0 Å². The van der Waals surface area contributed by atoms with Crippen LogP contribution in [-0.2, 0) is 35.5 Å². The second-order valence-corrected chi connectivity index (χ2v) is 14.6. The number of aryl methyl sites for hydroxylation is 2. The molecule has 4 aromatic carbocycles. The van der Waals surface area contributed by atoms with Gasteiger partial charge in [-0.25, -0.2) is 9.97 Å². The Bertz CT molecular complexity index is 1960. The van der Waals surface area contributed by atoms with Crippen LogP contribution in [0.15, 0.2) is 97.1 Å². The molecular formula is C33H34AgAsF6N6O3. The van der Waals surface area contributed by atoms with Crippen LogP contribution < -0.4 is 11.5 Å². The van der Waals surface area contributed by atoms with Crippen molar-refractivity contribution >= 4 is 48.1 Å². The van der Waals surface area contributed by atoms with Crippen molar-refractivity contribution in [3.05, 3.63) is 131 Å². The predicted octanol–water partition coefficient (Wildman–Crippen LogP) is 6.73. The number of carbonyl (C=O) groups excluding carboxylic acids is 2. The summed E-state index contributed by atoms with van der Waals surface area (Å²) in [6, 6.07) is 30.8. The molecule has 0 fully saturated rings. The summed E-state index contributed by atoms with van der Waals surface area (Å²) >= 11 is -11.1. The van der Waals surface area contributed by atoms with Gasteiger partial charge in [-0.2, -0.15) is 0 Å². The van der Waals surface area contributed by atoms with E-state index in [4.69, 9.17) is 16.6 Å². The largest absolute Gasteiger partial charge is 1.00 e. The predicted molar refractivity (Wildman–Crippen MR) is 178 cm³/mol. The van der Waals surface area contributed by atoms with Gasteiger partial charge >= 0.3 is 57.4 Å². The minimum Gasteiger partial charge on any atom is 1.00 e. The monoisotopic (exact) mass is 858 g/mol. The Morgan fingerprint density at radius 3 is 1.26 bits per heavy atom. The number of aromatic nitrogens is 4. The fourth-order valence-electron chi connectivity index (χ4n) is 4.80. The number of nitrogens with zero attached hydrogens (tertiary/aromatic N) is 4. The zero-order chi connectivity index (χ0) is 36.6. The fraction of sp³-hybridized carbons (Fsp3) is 0.152. The first-order valence-corrected chi connectivity index (χ1v) is 18.6. The minimum atomic E-state index is -11.1. The standard InChI is InChI=1S/2C16H15N3O.CH4O.Ag.AsF6/c2*1-11-18-14-7-2-3-8-15(14)19(11)10-12-5-4-6-13(9-12)16(17)20;1-2;;2-1(3,4,5,6)7/h2*2-9H,10H2,1H3,(H2,17,20);2H,1H3;;/q;;;+1;-1. The van der Waals surface area contributed by atoms with Crippen LogP contribution in [0.3, 0.4) is 0 Å². The molecule has 0 aliphatic carbocycles. The Morgan fingerprint density at radius 2 is 0.940 bits per heavy atom. The number of nitrogens with two attached hydrogens (primary N) is 2. The number of halogens is 6. The molecule has 6 aromatic rings. The van der Waals surface area contributed by atoms with E-state index in [0.717, 1.165) is 52.0 Å². The van der Waals surface area contributed by atoms with E-state index in [1.54, 1.807) is 12.1 Å². The van der Waals surface area contributed by atoms with Crippen molar-refractivity contribution in [2.45, 2.75) is 26.9 Å². The molecule has 0 saturated carbocycles. The smallest absolute Gasteiger partial charge is 1.00 e. The average Bonchev–Trinajstić information content (AvgIpc) is 3.52. The molecule has 2 amide bonds. The molecular weight excluding hydrogens is 825 g/mol. The maximum Gasteiger partial charge on any atom is 1.00 e. The van der Waals surface area contributed by atoms with E-state index in [9.17, 15) is 30.4 Å². The number of aliphatic hydroxyl groups excluding tert-OH is 1. The molecule has 9 nitrogen and oxygen atoms in total. The van der Waals surface area contributed by atoms with Crippen LogP contribution in [0.4, 0.5) is 20.8 Å². The van der Waals surface area contributed by atoms with Gasteiger partial charge in [-0.05, 0) is 73.5 Å². The van der Waals surface area contributed by atoms with Crippen LogP contribution >= 0.6 is 0 Å². The maximum absolute atomic E-state index is 11.2. The van der Waals surface area contributed by atoms with Gasteiger partial charge in [0.25, 0.3) is 0 Å². The summed E-state index contributed by atoms with van der Waals surface area (Å²) in [5.41, 5.74) is 17.9. The molecule has 2 heterocycles. The van der Waals surface area contributed by atoms with E-state index in [2.05, 4.69) is 19.1 Å². The van der Waals surface area contributed by atoms with Crippen LogP contribution in [0.2, 0.25) is 0 Å². The van der Waals surface area contributed by atoms with Gasteiger partial charge in [0.2, 0.25) is 11.8 Å². The molecule has 0 saturated heterocycles. The van der Waals surface area contributed by atoms with Gasteiger partial charge in [-0.15, -0.1) is 0 Å². The third kappa shape index (κ3) is 13.1. The van der Waals surface area contributed by atoms with Crippen molar-refractivity contribution in [2.75, 3.05) is 7.11 Å². The number of benzene rings is 4. The summed E-state index contributed by atoms with van der Waals surface area (Å²) in [7, 11) is 1.00. The van der Waals surface area contributed by atoms with Gasteiger partial charge in [0.05, 0.1) is 22.1 Å². The molecule has 6 rings (SSSR count). The van der Waals surface area contributed by atoms with Crippen molar-refractivity contribution in [1.82, 2.24) is 19.1 Å².